The Bertz CT molecular complexity index is 1190. The predicted octanol–water partition coefficient (Wildman–Crippen LogP) is 2.00. The number of aromatic nitrogens is 4. The maximum atomic E-state index is 13.3. The van der Waals surface area contributed by atoms with Crippen LogP contribution >= 0.6 is 0 Å². The van der Waals surface area contributed by atoms with Gasteiger partial charge < -0.3 is 19.3 Å². The second kappa shape index (κ2) is 8.58. The van der Waals surface area contributed by atoms with Gasteiger partial charge in [-0.2, -0.15) is 4.98 Å². The fraction of sp³-hybridized carbons (Fsp3) is 0.500. The van der Waals surface area contributed by atoms with Crippen molar-refractivity contribution in [3.8, 4) is 5.75 Å². The summed E-state index contributed by atoms with van der Waals surface area (Å²) in [6.07, 6.45) is 2.03. The van der Waals surface area contributed by atoms with Crippen molar-refractivity contribution in [3.05, 3.63) is 45.1 Å². The second-order valence-corrected chi connectivity index (χ2v) is 7.89. The molecule has 9 nitrogen and oxygen atoms in total. The first-order valence-corrected chi connectivity index (χ1v) is 10.8. The van der Waals surface area contributed by atoms with Gasteiger partial charge in [-0.15, -0.1) is 0 Å². The second-order valence-electron chi connectivity index (χ2n) is 7.89. The first-order valence-electron chi connectivity index (χ1n) is 10.8. The van der Waals surface area contributed by atoms with Crippen molar-refractivity contribution < 1.29 is 9.84 Å². The third kappa shape index (κ3) is 3.74. The summed E-state index contributed by atoms with van der Waals surface area (Å²) >= 11 is 0. The van der Waals surface area contributed by atoms with Crippen molar-refractivity contribution in [2.45, 2.75) is 52.3 Å². The zero-order chi connectivity index (χ0) is 22.1. The Hall–Kier alpha value is -3.07. The molecule has 3 heterocycles. The highest BCUT2D eigenvalue weighted by molar-refractivity contribution is 5.77. The van der Waals surface area contributed by atoms with E-state index in [0.717, 1.165) is 30.7 Å². The van der Waals surface area contributed by atoms with Crippen molar-refractivity contribution in [1.82, 2.24) is 18.7 Å². The van der Waals surface area contributed by atoms with Crippen molar-refractivity contribution in [1.29, 1.82) is 0 Å². The average Bonchev–Trinajstić information content (AvgIpc) is 3.14. The summed E-state index contributed by atoms with van der Waals surface area (Å²) in [5.74, 6) is 1.30. The van der Waals surface area contributed by atoms with E-state index in [0.29, 0.717) is 36.8 Å². The Balaban J connectivity index is 1.85. The Kier molecular flexibility index (Phi) is 5.86. The van der Waals surface area contributed by atoms with Crippen LogP contribution in [0.1, 0.15) is 33.1 Å². The fourth-order valence-corrected chi connectivity index (χ4v) is 4.13. The lowest BCUT2D eigenvalue weighted by atomic mass is 10.2. The van der Waals surface area contributed by atoms with Crippen LogP contribution in [-0.4, -0.2) is 43.0 Å². The van der Waals surface area contributed by atoms with Crippen LogP contribution in [0.5, 0.6) is 5.75 Å². The predicted molar refractivity (Wildman–Crippen MR) is 119 cm³/mol. The van der Waals surface area contributed by atoms with Crippen LogP contribution in [0, 0.1) is 0 Å². The molecule has 0 fully saturated rings. The molecule has 0 saturated carbocycles. The molecule has 2 aromatic heterocycles. The number of fused-ring (bicyclic) bond motifs is 3. The van der Waals surface area contributed by atoms with Crippen molar-refractivity contribution in [2.75, 3.05) is 18.1 Å². The lowest BCUT2D eigenvalue weighted by molar-refractivity contribution is 0.154. The number of hydrogen-bond donors (Lipinski definition) is 1. The number of ether oxygens (including phenoxy) is 1. The zero-order valence-corrected chi connectivity index (χ0v) is 18.2. The van der Waals surface area contributed by atoms with Crippen LogP contribution in [0.25, 0.3) is 11.2 Å². The number of unbranched alkanes of at least 4 members (excludes halogenated alkanes) is 2. The largest absolute Gasteiger partial charge is 0.494 e. The summed E-state index contributed by atoms with van der Waals surface area (Å²) in [4.78, 5) is 32.6. The fourth-order valence-electron chi connectivity index (χ4n) is 4.13. The van der Waals surface area contributed by atoms with Crippen molar-refractivity contribution in [3.63, 3.8) is 0 Å². The molecule has 1 aliphatic heterocycles. The third-order valence-electron chi connectivity index (χ3n) is 5.69. The standard InChI is InChI=1S/C22H29N5O4/c1-4-6-7-12-25-20(29)18-19(24(3)22(25)30)23-21-26(13-16(28)14-27(18)21)15-8-10-17(11-9-15)31-5-2/h8-11,16,28H,4-7,12-14H2,1-3H3/t16-/m0/s1. The third-order valence-corrected chi connectivity index (χ3v) is 5.69. The van der Waals surface area contributed by atoms with E-state index in [-0.39, 0.29) is 17.8 Å². The van der Waals surface area contributed by atoms with Gasteiger partial charge in [0.25, 0.3) is 5.56 Å². The highest BCUT2D eigenvalue weighted by Crippen LogP contribution is 2.32. The maximum absolute atomic E-state index is 13.3. The lowest BCUT2D eigenvalue weighted by Crippen LogP contribution is -2.41. The van der Waals surface area contributed by atoms with Gasteiger partial charge in [0.2, 0.25) is 5.95 Å². The van der Waals surface area contributed by atoms with Gasteiger partial charge in [-0.3, -0.25) is 13.9 Å². The molecule has 0 bridgehead atoms. The molecule has 1 N–H and O–H groups in total. The molecule has 31 heavy (non-hydrogen) atoms. The number of rotatable bonds is 7. The van der Waals surface area contributed by atoms with Gasteiger partial charge in [0.1, 0.15) is 5.75 Å². The number of anilines is 2. The molecule has 4 rings (SSSR count). The number of hydrogen-bond acceptors (Lipinski definition) is 6. The molecule has 3 aromatic rings. The van der Waals surface area contributed by atoms with Gasteiger partial charge in [0.05, 0.1) is 25.8 Å². The van der Waals surface area contributed by atoms with Gasteiger partial charge in [0.15, 0.2) is 11.2 Å². The van der Waals surface area contributed by atoms with Crippen LogP contribution < -0.4 is 20.9 Å². The summed E-state index contributed by atoms with van der Waals surface area (Å²) in [6, 6.07) is 7.52. The molecule has 166 valence electrons. The maximum Gasteiger partial charge on any atom is 0.332 e. The molecule has 1 aromatic carbocycles. The molecule has 0 saturated heterocycles. The quantitative estimate of drug-likeness (QED) is 0.580. The smallest absolute Gasteiger partial charge is 0.332 e. The van der Waals surface area contributed by atoms with Crippen LogP contribution in [-0.2, 0) is 20.1 Å². The van der Waals surface area contributed by atoms with Crippen LogP contribution in [0.4, 0.5) is 11.6 Å². The average molecular weight is 428 g/mol. The van der Waals surface area contributed by atoms with E-state index in [9.17, 15) is 14.7 Å². The summed E-state index contributed by atoms with van der Waals surface area (Å²) in [6.45, 7) is 5.56. The topological polar surface area (TPSA) is 94.5 Å². The van der Waals surface area contributed by atoms with Crippen molar-refractivity contribution in [2.24, 2.45) is 7.05 Å². The monoisotopic (exact) mass is 427 g/mol. The minimum absolute atomic E-state index is 0.252. The Morgan fingerprint density at radius 3 is 2.55 bits per heavy atom. The summed E-state index contributed by atoms with van der Waals surface area (Å²) in [5, 5.41) is 10.6. The van der Waals surface area contributed by atoms with Gasteiger partial charge >= 0.3 is 5.69 Å². The van der Waals surface area contributed by atoms with Crippen LogP contribution in [0.2, 0.25) is 0 Å². The van der Waals surface area contributed by atoms with Crippen LogP contribution in [0.3, 0.4) is 0 Å². The number of aryl methyl sites for hydroxylation is 1. The van der Waals surface area contributed by atoms with Crippen molar-refractivity contribution >= 4 is 22.8 Å². The summed E-state index contributed by atoms with van der Waals surface area (Å²) in [5.41, 5.74) is 0.794. The number of aliphatic hydroxyl groups excluding tert-OH is 1. The highest BCUT2D eigenvalue weighted by atomic mass is 16.5. The number of benzene rings is 1. The van der Waals surface area contributed by atoms with E-state index >= 15 is 0 Å². The molecule has 1 atom stereocenters. The van der Waals surface area contributed by atoms with E-state index in [1.807, 2.05) is 36.1 Å². The highest BCUT2D eigenvalue weighted by Gasteiger charge is 2.30. The molecular formula is C22H29N5O4. The van der Waals surface area contributed by atoms with E-state index in [2.05, 4.69) is 11.9 Å². The molecule has 0 spiro atoms. The molecular weight excluding hydrogens is 398 g/mol. The summed E-state index contributed by atoms with van der Waals surface area (Å²) in [7, 11) is 1.64. The molecule has 0 unspecified atom stereocenters. The molecule has 0 radical (unpaired) electrons. The minimum Gasteiger partial charge on any atom is -0.494 e. The molecule has 9 heteroatoms. The van der Waals surface area contributed by atoms with E-state index in [1.165, 1.54) is 9.13 Å². The van der Waals surface area contributed by atoms with Gasteiger partial charge in [-0.25, -0.2) is 4.79 Å². The molecule has 1 aliphatic rings. The molecule has 0 aliphatic carbocycles. The van der Waals surface area contributed by atoms with E-state index in [4.69, 9.17) is 4.74 Å². The normalized spacial score (nSPS) is 16.0. The van der Waals surface area contributed by atoms with Gasteiger partial charge in [-0.1, -0.05) is 19.8 Å². The number of imidazole rings is 1. The number of nitrogens with zero attached hydrogens (tertiary/aromatic N) is 5. The summed E-state index contributed by atoms with van der Waals surface area (Å²) < 4.78 is 9.96. The SMILES string of the molecule is CCCCCn1c(=O)c2c(nc3n2C[C@@H](O)CN3c2ccc(OCC)cc2)n(C)c1=O. The van der Waals surface area contributed by atoms with E-state index in [1.54, 1.807) is 11.6 Å². The number of β-amino-alcohol motifs (C(OH)–C–C–N with tert-alkyl or cyclic N) is 1. The van der Waals surface area contributed by atoms with E-state index < -0.39 is 6.10 Å². The van der Waals surface area contributed by atoms with Gasteiger partial charge in [-0.05, 0) is 37.6 Å². The van der Waals surface area contributed by atoms with Crippen LogP contribution in [0.15, 0.2) is 33.9 Å². The number of aliphatic hydroxyl groups is 1. The lowest BCUT2D eigenvalue weighted by Gasteiger charge is -2.32. The molecule has 0 amide bonds. The Labute approximate surface area is 180 Å². The Morgan fingerprint density at radius 2 is 1.87 bits per heavy atom. The minimum atomic E-state index is -0.679. The first-order chi connectivity index (χ1) is 15.0. The zero-order valence-electron chi connectivity index (χ0n) is 18.2. The Morgan fingerprint density at radius 1 is 1.13 bits per heavy atom. The first kappa shape index (κ1) is 21.2. The van der Waals surface area contributed by atoms with Gasteiger partial charge in [0, 0.05) is 19.3 Å².